The van der Waals surface area contributed by atoms with Crippen LogP contribution in [0.1, 0.15) is 32.1 Å². The predicted octanol–water partition coefficient (Wildman–Crippen LogP) is 2.58. The summed E-state index contributed by atoms with van der Waals surface area (Å²) in [7, 11) is 1.78. The number of benzene rings is 1. The number of hydrogen-bond donors (Lipinski definition) is 2. The zero-order valence-corrected chi connectivity index (χ0v) is 14.1. The van der Waals surface area contributed by atoms with Crippen LogP contribution < -0.4 is 15.4 Å². The number of ether oxygens (including phenoxy) is 2. The molecule has 0 aromatic heterocycles. The van der Waals surface area contributed by atoms with Gasteiger partial charge in [0.15, 0.2) is 5.96 Å². The first-order chi connectivity index (χ1) is 11.4. The molecule has 0 amide bonds. The number of hydrogen-bond acceptors (Lipinski definition) is 3. The third kappa shape index (κ3) is 7.37. The minimum atomic E-state index is 0.502. The molecule has 0 spiro atoms. The van der Waals surface area contributed by atoms with Crippen molar-refractivity contribution < 1.29 is 9.47 Å². The van der Waals surface area contributed by atoms with Crippen LogP contribution in [0.15, 0.2) is 35.3 Å². The van der Waals surface area contributed by atoms with Gasteiger partial charge in [-0.05, 0) is 31.4 Å². The number of aliphatic imine (C=N–C) groups is 1. The summed E-state index contributed by atoms with van der Waals surface area (Å²) in [5.74, 6) is 1.70. The fourth-order valence-corrected chi connectivity index (χ4v) is 2.66. The van der Waals surface area contributed by atoms with Crippen molar-refractivity contribution in [3.8, 4) is 5.75 Å². The molecule has 1 saturated carbocycles. The summed E-state index contributed by atoms with van der Waals surface area (Å²) in [6.45, 7) is 3.01. The summed E-state index contributed by atoms with van der Waals surface area (Å²) in [5.41, 5.74) is 0. The van der Waals surface area contributed by atoms with Gasteiger partial charge in [0.05, 0.1) is 12.6 Å². The molecule has 1 aromatic rings. The summed E-state index contributed by atoms with van der Waals surface area (Å²) in [5, 5.41) is 6.54. The molecule has 2 rings (SSSR count). The summed E-state index contributed by atoms with van der Waals surface area (Å²) in [6.07, 6.45) is 6.62. The fourth-order valence-electron chi connectivity index (χ4n) is 2.66. The Morgan fingerprint density at radius 2 is 1.83 bits per heavy atom. The van der Waals surface area contributed by atoms with E-state index < -0.39 is 0 Å². The van der Waals surface area contributed by atoms with E-state index in [1.807, 2.05) is 30.3 Å². The second-order valence-corrected chi connectivity index (χ2v) is 5.72. The summed E-state index contributed by atoms with van der Waals surface area (Å²) in [6, 6.07) is 9.83. The maximum atomic E-state index is 5.85. The Kier molecular flexibility index (Phi) is 8.33. The van der Waals surface area contributed by atoms with Crippen molar-refractivity contribution in [1.82, 2.24) is 10.6 Å². The molecular formula is C18H29N3O2. The molecule has 23 heavy (non-hydrogen) atoms. The molecule has 1 aliphatic rings. The van der Waals surface area contributed by atoms with Gasteiger partial charge in [0.25, 0.3) is 0 Å². The van der Waals surface area contributed by atoms with E-state index >= 15 is 0 Å². The normalized spacial score (nSPS) is 15.6. The van der Waals surface area contributed by atoms with Crippen LogP contribution in [-0.4, -0.2) is 45.4 Å². The molecule has 1 fully saturated rings. The van der Waals surface area contributed by atoms with E-state index in [0.717, 1.165) is 31.3 Å². The zero-order valence-electron chi connectivity index (χ0n) is 14.1. The summed E-state index contributed by atoms with van der Waals surface area (Å²) < 4.78 is 11.5. The van der Waals surface area contributed by atoms with E-state index in [1.54, 1.807) is 7.05 Å². The molecule has 0 bridgehead atoms. The van der Waals surface area contributed by atoms with Crippen LogP contribution in [0, 0.1) is 0 Å². The quantitative estimate of drug-likeness (QED) is 0.417. The summed E-state index contributed by atoms with van der Waals surface area (Å²) in [4.78, 5) is 4.21. The third-order valence-electron chi connectivity index (χ3n) is 3.90. The van der Waals surface area contributed by atoms with Gasteiger partial charge in [-0.25, -0.2) is 0 Å². The molecule has 5 nitrogen and oxygen atoms in total. The van der Waals surface area contributed by atoms with Crippen molar-refractivity contribution in [3.05, 3.63) is 30.3 Å². The van der Waals surface area contributed by atoms with Crippen molar-refractivity contribution in [3.63, 3.8) is 0 Å². The minimum absolute atomic E-state index is 0.502. The highest BCUT2D eigenvalue weighted by molar-refractivity contribution is 5.79. The summed E-state index contributed by atoms with van der Waals surface area (Å²) >= 11 is 0. The predicted molar refractivity (Wildman–Crippen MR) is 94.1 cm³/mol. The van der Waals surface area contributed by atoms with Crippen LogP contribution >= 0.6 is 0 Å². The molecular weight excluding hydrogens is 290 g/mol. The highest BCUT2D eigenvalue weighted by atomic mass is 16.5. The smallest absolute Gasteiger partial charge is 0.191 e. The SMILES string of the molecule is CN=C(NCCCOC1CCCC1)NCCOc1ccccc1. The third-order valence-corrected chi connectivity index (χ3v) is 3.90. The van der Waals surface area contributed by atoms with Gasteiger partial charge in [-0.2, -0.15) is 0 Å². The molecule has 1 aromatic carbocycles. The van der Waals surface area contributed by atoms with Crippen molar-refractivity contribution in [1.29, 1.82) is 0 Å². The number of para-hydroxylation sites is 1. The number of nitrogens with zero attached hydrogens (tertiary/aromatic N) is 1. The van der Waals surface area contributed by atoms with E-state index in [4.69, 9.17) is 9.47 Å². The highest BCUT2D eigenvalue weighted by Crippen LogP contribution is 2.20. The standard InChI is InChI=1S/C18H29N3O2/c1-19-18(20-12-7-14-22-16-10-5-6-11-16)21-13-15-23-17-8-3-2-4-9-17/h2-4,8-9,16H,5-7,10-15H2,1H3,(H2,19,20,21). The average molecular weight is 319 g/mol. The Labute approximate surface area is 139 Å². The molecule has 2 N–H and O–H groups in total. The molecule has 0 aliphatic heterocycles. The van der Waals surface area contributed by atoms with Crippen LogP contribution in [0.3, 0.4) is 0 Å². The largest absolute Gasteiger partial charge is 0.492 e. The van der Waals surface area contributed by atoms with Crippen molar-refractivity contribution in [2.24, 2.45) is 4.99 Å². The minimum Gasteiger partial charge on any atom is -0.492 e. The average Bonchev–Trinajstić information content (AvgIpc) is 3.11. The van der Waals surface area contributed by atoms with E-state index in [-0.39, 0.29) is 0 Å². The number of nitrogens with one attached hydrogen (secondary N) is 2. The maximum absolute atomic E-state index is 5.85. The van der Waals surface area contributed by atoms with Crippen LogP contribution in [0.5, 0.6) is 5.75 Å². The first-order valence-corrected chi connectivity index (χ1v) is 8.62. The first kappa shape index (κ1) is 17.6. The van der Waals surface area contributed by atoms with Crippen molar-refractivity contribution in [2.75, 3.05) is 33.4 Å². The molecule has 0 atom stereocenters. The van der Waals surface area contributed by atoms with Gasteiger partial charge in [-0.3, -0.25) is 4.99 Å². The number of guanidine groups is 1. The van der Waals surface area contributed by atoms with Crippen LogP contribution in [-0.2, 0) is 4.74 Å². The van der Waals surface area contributed by atoms with Crippen molar-refractivity contribution >= 4 is 5.96 Å². The van der Waals surface area contributed by atoms with Crippen LogP contribution in [0.4, 0.5) is 0 Å². The van der Waals surface area contributed by atoms with Gasteiger partial charge in [-0.15, -0.1) is 0 Å². The Bertz CT molecular complexity index is 445. The lowest BCUT2D eigenvalue weighted by molar-refractivity contribution is 0.0574. The van der Waals surface area contributed by atoms with Gasteiger partial charge < -0.3 is 20.1 Å². The monoisotopic (exact) mass is 319 g/mol. The van der Waals surface area contributed by atoms with Gasteiger partial charge in [0.1, 0.15) is 12.4 Å². The van der Waals surface area contributed by atoms with E-state index in [9.17, 15) is 0 Å². The molecule has 0 radical (unpaired) electrons. The lowest BCUT2D eigenvalue weighted by atomic mass is 10.3. The van der Waals surface area contributed by atoms with Crippen LogP contribution in [0.2, 0.25) is 0 Å². The Balaban J connectivity index is 1.48. The maximum Gasteiger partial charge on any atom is 0.191 e. The van der Waals surface area contributed by atoms with Gasteiger partial charge in [0, 0.05) is 20.2 Å². The van der Waals surface area contributed by atoms with Crippen LogP contribution in [0.25, 0.3) is 0 Å². The second kappa shape index (κ2) is 10.9. The van der Waals surface area contributed by atoms with E-state index in [1.165, 1.54) is 25.7 Å². The molecule has 128 valence electrons. The topological polar surface area (TPSA) is 54.9 Å². The van der Waals surface area contributed by atoms with Gasteiger partial charge in [-0.1, -0.05) is 31.0 Å². The van der Waals surface area contributed by atoms with E-state index in [0.29, 0.717) is 19.3 Å². The molecule has 0 heterocycles. The highest BCUT2D eigenvalue weighted by Gasteiger charge is 2.14. The molecule has 0 saturated heterocycles. The fraction of sp³-hybridized carbons (Fsp3) is 0.611. The lowest BCUT2D eigenvalue weighted by Crippen LogP contribution is -2.40. The molecule has 5 heteroatoms. The van der Waals surface area contributed by atoms with Gasteiger partial charge >= 0.3 is 0 Å². The van der Waals surface area contributed by atoms with Crippen molar-refractivity contribution in [2.45, 2.75) is 38.2 Å². The zero-order chi connectivity index (χ0) is 16.2. The van der Waals surface area contributed by atoms with E-state index in [2.05, 4.69) is 15.6 Å². The second-order valence-electron chi connectivity index (χ2n) is 5.72. The Morgan fingerprint density at radius 3 is 2.57 bits per heavy atom. The molecule has 1 aliphatic carbocycles. The molecule has 0 unspecified atom stereocenters. The van der Waals surface area contributed by atoms with Gasteiger partial charge in [0.2, 0.25) is 0 Å². The lowest BCUT2D eigenvalue weighted by Gasteiger charge is -2.14. The first-order valence-electron chi connectivity index (χ1n) is 8.62. The Morgan fingerprint density at radius 1 is 1.09 bits per heavy atom. The Hall–Kier alpha value is -1.75. The number of rotatable bonds is 9.